The van der Waals surface area contributed by atoms with Gasteiger partial charge in [0.15, 0.2) is 0 Å². The molecule has 1 aromatic rings. The van der Waals surface area contributed by atoms with E-state index in [1.165, 1.54) is 44.2 Å². The van der Waals surface area contributed by atoms with Crippen molar-refractivity contribution in [3.8, 4) is 0 Å². The van der Waals surface area contributed by atoms with Gasteiger partial charge in [0.2, 0.25) is 10.0 Å². The van der Waals surface area contributed by atoms with Crippen LogP contribution in [-0.2, 0) is 27.7 Å². The summed E-state index contributed by atoms with van der Waals surface area (Å²) in [6.07, 6.45) is 3.58. The normalized spacial score (nSPS) is 16.8. The summed E-state index contributed by atoms with van der Waals surface area (Å²) in [6.45, 7) is 2.84. The van der Waals surface area contributed by atoms with Crippen molar-refractivity contribution >= 4 is 40.7 Å². The largest absolute Gasteiger partial charge is 0.471 e. The highest BCUT2D eigenvalue weighted by Crippen LogP contribution is 2.24. The number of fused-ring (bicyclic) bond motifs is 1. The number of unbranched alkanes of at least 4 members (excludes halogenated alkanes) is 1. The van der Waals surface area contributed by atoms with Gasteiger partial charge in [0, 0.05) is 38.8 Å². The summed E-state index contributed by atoms with van der Waals surface area (Å²) >= 11 is 0. The molecule has 0 radical (unpaired) electrons. The van der Waals surface area contributed by atoms with E-state index in [0.29, 0.717) is 24.6 Å². The predicted molar refractivity (Wildman–Crippen MR) is 143 cm³/mol. The zero-order chi connectivity index (χ0) is 25.3. The fourth-order valence-corrected chi connectivity index (χ4v) is 5.84. The van der Waals surface area contributed by atoms with Crippen molar-refractivity contribution in [1.29, 1.82) is 0 Å². The number of sulfonamides is 1. The van der Waals surface area contributed by atoms with E-state index in [-0.39, 0.29) is 55.6 Å². The first-order valence-corrected chi connectivity index (χ1v) is 14.1. The number of carbonyl (C=O) groups is 1. The van der Waals surface area contributed by atoms with Crippen LogP contribution in [0.4, 0.5) is 13.2 Å². The minimum atomic E-state index is -4.91. The Morgan fingerprint density at radius 1 is 0.919 bits per heavy atom. The maximum Gasteiger partial charge on any atom is 0.471 e. The smallest absolute Gasteiger partial charge is 0.334 e. The minimum Gasteiger partial charge on any atom is -0.334 e. The lowest BCUT2D eigenvalue weighted by Crippen LogP contribution is -2.42. The van der Waals surface area contributed by atoms with Crippen LogP contribution in [0, 0.1) is 0 Å². The standard InChI is InChI=1S/C24H37F3N4O3S.2ClH/c25-24(26,27)23(32)31-16-10-19-8-9-22(18-20(19)11-17-31)35(33,34)30-13-5-4-12-28-14-15-29-21-6-2-1-3-7-21;;/h8-9,18,21,28-30H,1-7,10-17H2;2*1H. The summed E-state index contributed by atoms with van der Waals surface area (Å²) in [6, 6.07) is 5.27. The van der Waals surface area contributed by atoms with E-state index in [1.807, 2.05) is 0 Å². The van der Waals surface area contributed by atoms with E-state index >= 15 is 0 Å². The molecule has 0 bridgehead atoms. The highest BCUT2D eigenvalue weighted by molar-refractivity contribution is 7.89. The van der Waals surface area contributed by atoms with E-state index in [2.05, 4.69) is 15.4 Å². The molecule has 7 nitrogen and oxygen atoms in total. The van der Waals surface area contributed by atoms with Crippen molar-refractivity contribution in [2.45, 2.75) is 74.9 Å². The molecule has 0 saturated heterocycles. The third-order valence-electron chi connectivity index (χ3n) is 6.73. The van der Waals surface area contributed by atoms with Crippen LogP contribution < -0.4 is 15.4 Å². The molecule has 2 aliphatic rings. The summed E-state index contributed by atoms with van der Waals surface area (Å²) in [4.78, 5) is 12.4. The first-order chi connectivity index (χ1) is 16.7. The molecule has 1 aliphatic carbocycles. The third-order valence-corrected chi connectivity index (χ3v) is 8.19. The van der Waals surface area contributed by atoms with E-state index in [1.54, 1.807) is 6.07 Å². The van der Waals surface area contributed by atoms with Crippen LogP contribution in [0.2, 0.25) is 0 Å². The Labute approximate surface area is 230 Å². The van der Waals surface area contributed by atoms with Gasteiger partial charge < -0.3 is 15.5 Å². The predicted octanol–water partition coefficient (Wildman–Crippen LogP) is 3.59. The van der Waals surface area contributed by atoms with Crippen LogP contribution in [0.1, 0.15) is 56.1 Å². The van der Waals surface area contributed by atoms with Crippen LogP contribution in [0.5, 0.6) is 0 Å². The molecule has 1 aromatic carbocycles. The number of amides is 1. The molecular weight excluding hydrogens is 552 g/mol. The number of nitrogens with zero attached hydrogens (tertiary/aromatic N) is 1. The van der Waals surface area contributed by atoms with Gasteiger partial charge in [0.05, 0.1) is 4.90 Å². The molecule has 0 atom stereocenters. The van der Waals surface area contributed by atoms with Crippen LogP contribution in [0.15, 0.2) is 23.1 Å². The van der Waals surface area contributed by atoms with Crippen molar-refractivity contribution in [2.24, 2.45) is 0 Å². The highest BCUT2D eigenvalue weighted by Gasteiger charge is 2.42. The minimum absolute atomic E-state index is 0. The monoisotopic (exact) mass is 590 g/mol. The van der Waals surface area contributed by atoms with Crippen LogP contribution in [0.3, 0.4) is 0 Å². The van der Waals surface area contributed by atoms with Crippen molar-refractivity contribution in [2.75, 3.05) is 39.3 Å². The first kappa shape index (κ1) is 33.9. The number of carbonyl (C=O) groups excluding carboxylic acids is 1. The van der Waals surface area contributed by atoms with Gasteiger partial charge >= 0.3 is 12.1 Å². The summed E-state index contributed by atoms with van der Waals surface area (Å²) in [5.74, 6) is -1.85. The van der Waals surface area contributed by atoms with Gasteiger partial charge in [-0.1, -0.05) is 25.3 Å². The van der Waals surface area contributed by atoms with Crippen LogP contribution in [-0.4, -0.2) is 70.7 Å². The average molecular weight is 592 g/mol. The van der Waals surface area contributed by atoms with Gasteiger partial charge in [0.25, 0.3) is 0 Å². The second-order valence-corrected chi connectivity index (χ2v) is 11.1. The maximum atomic E-state index is 12.8. The zero-order valence-corrected chi connectivity index (χ0v) is 23.4. The Bertz CT molecular complexity index is 946. The molecule has 0 aromatic heterocycles. The fraction of sp³-hybridized carbons (Fsp3) is 0.708. The van der Waals surface area contributed by atoms with Gasteiger partial charge in [-0.15, -0.1) is 24.8 Å². The van der Waals surface area contributed by atoms with E-state index in [4.69, 9.17) is 0 Å². The molecule has 0 spiro atoms. The van der Waals surface area contributed by atoms with E-state index in [9.17, 15) is 26.4 Å². The van der Waals surface area contributed by atoms with Gasteiger partial charge in [-0.25, -0.2) is 13.1 Å². The fourth-order valence-electron chi connectivity index (χ4n) is 4.71. The van der Waals surface area contributed by atoms with E-state index < -0.39 is 22.1 Å². The molecule has 37 heavy (non-hydrogen) atoms. The molecule has 1 amide bonds. The molecule has 3 N–H and O–H groups in total. The lowest BCUT2D eigenvalue weighted by atomic mass is 9.95. The number of rotatable bonds is 11. The number of alkyl halides is 3. The summed E-state index contributed by atoms with van der Waals surface area (Å²) in [5, 5.41) is 6.96. The molecule has 0 unspecified atom stereocenters. The number of halogens is 5. The quantitative estimate of drug-likeness (QED) is 0.343. The Morgan fingerprint density at radius 3 is 2.24 bits per heavy atom. The Hall–Kier alpha value is -1.11. The van der Waals surface area contributed by atoms with Crippen LogP contribution >= 0.6 is 24.8 Å². The van der Waals surface area contributed by atoms with Gasteiger partial charge in [-0.3, -0.25) is 4.79 Å². The summed E-state index contributed by atoms with van der Waals surface area (Å²) in [7, 11) is -3.71. The Kier molecular flexibility index (Phi) is 14.8. The summed E-state index contributed by atoms with van der Waals surface area (Å²) in [5.41, 5.74) is 1.43. The lowest BCUT2D eigenvalue weighted by Gasteiger charge is -2.22. The molecule has 1 heterocycles. The number of hydrogen-bond acceptors (Lipinski definition) is 5. The second-order valence-electron chi connectivity index (χ2n) is 9.36. The van der Waals surface area contributed by atoms with Gasteiger partial charge in [0.1, 0.15) is 0 Å². The van der Waals surface area contributed by atoms with E-state index in [0.717, 1.165) is 36.5 Å². The molecule has 1 saturated carbocycles. The third kappa shape index (κ3) is 10.9. The topological polar surface area (TPSA) is 90.5 Å². The molecule has 1 fully saturated rings. The average Bonchev–Trinajstić information content (AvgIpc) is 3.04. The van der Waals surface area contributed by atoms with Crippen molar-refractivity contribution < 1.29 is 26.4 Å². The summed E-state index contributed by atoms with van der Waals surface area (Å²) < 4.78 is 66.2. The number of nitrogens with one attached hydrogen (secondary N) is 3. The maximum absolute atomic E-state index is 12.8. The van der Waals surface area contributed by atoms with Crippen molar-refractivity contribution in [1.82, 2.24) is 20.3 Å². The molecule has 214 valence electrons. The number of hydrogen-bond donors (Lipinski definition) is 3. The second kappa shape index (κ2) is 16.1. The number of benzene rings is 1. The van der Waals surface area contributed by atoms with Crippen molar-refractivity contribution in [3.05, 3.63) is 29.3 Å². The first-order valence-electron chi connectivity index (χ1n) is 12.6. The van der Waals surface area contributed by atoms with Crippen molar-refractivity contribution in [3.63, 3.8) is 0 Å². The van der Waals surface area contributed by atoms with Crippen LogP contribution in [0.25, 0.3) is 0 Å². The zero-order valence-electron chi connectivity index (χ0n) is 20.9. The SMILES string of the molecule is Cl.Cl.O=C(N1CCc2ccc(S(=O)(=O)NCCCCNCCNC3CCCCC3)cc2CC1)C(F)(F)F. The molecular formula is C24H39Cl2F3N4O3S. The molecule has 3 rings (SSSR count). The lowest BCUT2D eigenvalue weighted by molar-refractivity contribution is -0.185. The highest BCUT2D eigenvalue weighted by atomic mass is 35.5. The Balaban J connectivity index is 0.00000342. The molecule has 1 aliphatic heterocycles. The Morgan fingerprint density at radius 2 is 1.57 bits per heavy atom. The van der Waals surface area contributed by atoms with Gasteiger partial charge in [-0.2, -0.15) is 13.2 Å². The van der Waals surface area contributed by atoms with Gasteiger partial charge in [-0.05, 0) is 68.3 Å². The molecule has 13 heteroatoms.